The van der Waals surface area contributed by atoms with Crippen LogP contribution < -0.4 is 5.32 Å². The topological polar surface area (TPSA) is 86.8 Å². The molecule has 22 heavy (non-hydrogen) atoms. The maximum Gasteiger partial charge on any atom is 0.249 e. The number of likely N-dealkylation sites (tertiary alicyclic amines) is 1. The minimum Gasteiger partial charge on any atom is -0.378 e. The van der Waals surface area contributed by atoms with Crippen molar-refractivity contribution in [3.63, 3.8) is 0 Å². The predicted octanol–water partition coefficient (Wildman–Crippen LogP) is 1.66. The number of aromatic amines is 1. The number of H-pyrrole nitrogens is 1. The molecule has 0 radical (unpaired) electrons. The van der Waals surface area contributed by atoms with E-state index in [2.05, 4.69) is 37.0 Å². The highest BCUT2D eigenvalue weighted by Crippen LogP contribution is 2.24. The summed E-state index contributed by atoms with van der Waals surface area (Å²) in [6.07, 6.45) is 3.15. The van der Waals surface area contributed by atoms with Gasteiger partial charge in [0.15, 0.2) is 5.82 Å². The van der Waals surface area contributed by atoms with E-state index < -0.39 is 0 Å². The number of rotatable bonds is 3. The van der Waals surface area contributed by atoms with Crippen molar-refractivity contribution in [2.45, 2.75) is 12.8 Å². The van der Waals surface area contributed by atoms with E-state index in [-0.39, 0.29) is 17.8 Å². The number of hydrogen-bond acceptors (Lipinski definition) is 5. The molecule has 0 aromatic carbocycles. The van der Waals surface area contributed by atoms with Crippen LogP contribution in [0.25, 0.3) is 11.5 Å². The number of piperidine rings is 1. The van der Waals surface area contributed by atoms with Gasteiger partial charge < -0.3 is 4.90 Å². The van der Waals surface area contributed by atoms with Gasteiger partial charge in [-0.15, -0.1) is 5.10 Å². The molecule has 1 amide bonds. The third-order valence-corrected chi connectivity index (χ3v) is 3.83. The lowest BCUT2D eigenvalue weighted by atomic mass is 9.94. The average Bonchev–Trinajstić information content (AvgIpc) is 2.99. The van der Waals surface area contributed by atoms with E-state index in [4.69, 9.17) is 0 Å². The summed E-state index contributed by atoms with van der Waals surface area (Å²) in [4.78, 5) is 22.8. The Morgan fingerprint density at radius 3 is 3.09 bits per heavy atom. The molecule has 3 rings (SSSR count). The second kappa shape index (κ2) is 5.97. The highest BCUT2D eigenvalue weighted by Gasteiger charge is 2.26. The lowest BCUT2D eigenvalue weighted by Crippen LogP contribution is -2.34. The second-order valence-electron chi connectivity index (χ2n) is 5.39. The normalized spacial score (nSPS) is 18.3. The Morgan fingerprint density at radius 2 is 2.36 bits per heavy atom. The van der Waals surface area contributed by atoms with Crippen LogP contribution in [0, 0.1) is 5.92 Å². The Kier molecular flexibility index (Phi) is 3.86. The molecule has 2 N–H and O–H groups in total. The van der Waals surface area contributed by atoms with Gasteiger partial charge in [0.25, 0.3) is 0 Å². The third-order valence-electron chi connectivity index (χ3n) is 3.83. The van der Waals surface area contributed by atoms with Gasteiger partial charge in [-0.2, -0.15) is 4.98 Å². The molecule has 114 valence electrons. The van der Waals surface area contributed by atoms with Gasteiger partial charge in [0.2, 0.25) is 11.9 Å². The molecule has 7 heteroatoms. The minimum atomic E-state index is -0.0829. The molecule has 0 bridgehead atoms. The quantitative estimate of drug-likeness (QED) is 0.900. The molecular weight excluding hydrogens is 280 g/mol. The Balaban J connectivity index is 1.65. The fraction of sp³-hybridized carbons (Fsp3) is 0.333. The fourth-order valence-electron chi connectivity index (χ4n) is 2.42. The van der Waals surface area contributed by atoms with E-state index in [1.807, 2.05) is 25.2 Å². The van der Waals surface area contributed by atoms with Gasteiger partial charge in [-0.25, -0.2) is 0 Å². The predicted molar refractivity (Wildman–Crippen MR) is 82.7 cm³/mol. The standard InChI is InChI=1S/C15H18N6O/c1-10-9-11(6-8-21(10)2)14(22)18-15-17-13(19-20-15)12-5-3-4-7-16-12/h3-5,7,11H,1,6,8-9H2,2H3,(H2,17,18,19,20,22). The number of pyridine rings is 1. The SMILES string of the molecule is C=C1CC(C(=O)Nc2n[nH]c(-c3ccccn3)n2)CCN1C. The van der Waals surface area contributed by atoms with Gasteiger partial charge in [-0.3, -0.25) is 20.2 Å². The molecule has 0 saturated carbocycles. The van der Waals surface area contributed by atoms with E-state index in [1.165, 1.54) is 0 Å². The van der Waals surface area contributed by atoms with Crippen LogP contribution in [0.2, 0.25) is 0 Å². The number of anilines is 1. The highest BCUT2D eigenvalue weighted by molar-refractivity contribution is 5.91. The summed E-state index contributed by atoms with van der Waals surface area (Å²) in [7, 11) is 1.99. The smallest absolute Gasteiger partial charge is 0.249 e. The van der Waals surface area contributed by atoms with Crippen molar-refractivity contribution in [1.29, 1.82) is 0 Å². The second-order valence-corrected chi connectivity index (χ2v) is 5.39. The lowest BCUT2D eigenvalue weighted by molar-refractivity contribution is -0.120. The summed E-state index contributed by atoms with van der Waals surface area (Å²) in [5, 5.41) is 9.56. The summed E-state index contributed by atoms with van der Waals surface area (Å²) >= 11 is 0. The number of nitrogens with zero attached hydrogens (tertiary/aromatic N) is 4. The van der Waals surface area contributed by atoms with Crippen molar-refractivity contribution < 1.29 is 4.79 Å². The summed E-state index contributed by atoms with van der Waals surface area (Å²) in [5.41, 5.74) is 1.67. The van der Waals surface area contributed by atoms with Crippen molar-refractivity contribution in [3.8, 4) is 11.5 Å². The van der Waals surface area contributed by atoms with Crippen LogP contribution in [-0.4, -0.2) is 44.6 Å². The van der Waals surface area contributed by atoms with Gasteiger partial charge in [0.1, 0.15) is 5.69 Å². The number of hydrogen-bond donors (Lipinski definition) is 2. The van der Waals surface area contributed by atoms with Crippen LogP contribution in [0.5, 0.6) is 0 Å². The van der Waals surface area contributed by atoms with Gasteiger partial charge in [-0.05, 0) is 25.0 Å². The van der Waals surface area contributed by atoms with Crippen LogP contribution in [0.1, 0.15) is 12.8 Å². The molecular formula is C15H18N6O. The summed E-state index contributed by atoms with van der Waals surface area (Å²) < 4.78 is 0. The maximum absolute atomic E-state index is 12.3. The molecule has 1 aliphatic heterocycles. The first-order valence-corrected chi connectivity index (χ1v) is 7.17. The number of amides is 1. The van der Waals surface area contributed by atoms with Crippen molar-refractivity contribution in [3.05, 3.63) is 36.7 Å². The number of carbonyl (C=O) groups is 1. The van der Waals surface area contributed by atoms with Gasteiger partial charge in [-0.1, -0.05) is 12.6 Å². The van der Waals surface area contributed by atoms with E-state index in [1.54, 1.807) is 6.20 Å². The fourth-order valence-corrected chi connectivity index (χ4v) is 2.42. The monoisotopic (exact) mass is 298 g/mol. The van der Waals surface area contributed by atoms with Crippen LogP contribution >= 0.6 is 0 Å². The molecule has 2 aromatic rings. The first-order chi connectivity index (χ1) is 10.6. The zero-order chi connectivity index (χ0) is 15.5. The number of aromatic nitrogens is 4. The first-order valence-electron chi connectivity index (χ1n) is 7.17. The minimum absolute atomic E-state index is 0.0687. The molecule has 0 spiro atoms. The Labute approximate surface area is 128 Å². The summed E-state index contributed by atoms with van der Waals surface area (Å²) in [6.45, 7) is 4.82. The molecule has 2 aromatic heterocycles. The number of carbonyl (C=O) groups excluding carboxylic acids is 1. The summed E-state index contributed by atoms with van der Waals surface area (Å²) in [5.74, 6) is 0.653. The zero-order valence-electron chi connectivity index (χ0n) is 12.4. The van der Waals surface area contributed by atoms with Crippen LogP contribution in [-0.2, 0) is 4.79 Å². The third kappa shape index (κ3) is 2.98. The highest BCUT2D eigenvalue weighted by atomic mass is 16.2. The van der Waals surface area contributed by atoms with E-state index >= 15 is 0 Å². The van der Waals surface area contributed by atoms with Crippen LogP contribution in [0.3, 0.4) is 0 Å². The lowest BCUT2D eigenvalue weighted by Gasteiger charge is -2.31. The van der Waals surface area contributed by atoms with Crippen molar-refractivity contribution >= 4 is 11.9 Å². The molecule has 1 aliphatic rings. The zero-order valence-corrected chi connectivity index (χ0v) is 12.4. The molecule has 1 atom stereocenters. The van der Waals surface area contributed by atoms with Gasteiger partial charge in [0.05, 0.1) is 0 Å². The van der Waals surface area contributed by atoms with Crippen LogP contribution in [0.15, 0.2) is 36.7 Å². The molecule has 1 fully saturated rings. The van der Waals surface area contributed by atoms with Crippen molar-refractivity contribution in [2.24, 2.45) is 5.92 Å². The van der Waals surface area contributed by atoms with Gasteiger partial charge >= 0.3 is 0 Å². The average molecular weight is 298 g/mol. The molecule has 1 unspecified atom stereocenters. The maximum atomic E-state index is 12.3. The Bertz CT molecular complexity index is 680. The molecule has 1 saturated heterocycles. The Morgan fingerprint density at radius 1 is 1.50 bits per heavy atom. The van der Waals surface area contributed by atoms with E-state index in [0.29, 0.717) is 17.9 Å². The van der Waals surface area contributed by atoms with Crippen molar-refractivity contribution in [1.82, 2.24) is 25.1 Å². The molecule has 3 heterocycles. The Hall–Kier alpha value is -2.70. The van der Waals surface area contributed by atoms with Gasteiger partial charge in [0, 0.05) is 31.4 Å². The number of allylic oxidation sites excluding steroid dienone is 1. The van der Waals surface area contributed by atoms with Crippen LogP contribution in [0.4, 0.5) is 5.95 Å². The molecule has 0 aliphatic carbocycles. The van der Waals surface area contributed by atoms with E-state index in [9.17, 15) is 4.79 Å². The first kappa shape index (κ1) is 14.2. The molecule has 7 nitrogen and oxygen atoms in total. The number of nitrogens with one attached hydrogen (secondary N) is 2. The van der Waals surface area contributed by atoms with E-state index in [0.717, 1.165) is 18.7 Å². The van der Waals surface area contributed by atoms with Crippen molar-refractivity contribution in [2.75, 3.05) is 18.9 Å². The largest absolute Gasteiger partial charge is 0.378 e. The summed E-state index contributed by atoms with van der Waals surface area (Å²) in [6, 6.07) is 5.52.